The van der Waals surface area contributed by atoms with E-state index in [4.69, 9.17) is 0 Å². The quantitative estimate of drug-likeness (QED) is 0.167. The minimum Gasteiger partial charge on any atom is -0.877 e. The molecule has 76 valence electrons. The van der Waals surface area contributed by atoms with Crippen LogP contribution in [0.3, 0.4) is 0 Å². The van der Waals surface area contributed by atoms with Crippen molar-refractivity contribution in [2.45, 2.75) is 0 Å². The Kier molecular flexibility index (Phi) is 8.83. The maximum atomic E-state index is 11.5. The molecule has 0 saturated heterocycles. The molecule has 0 aliphatic rings. The molecule has 0 unspecified atom stereocenters. The number of hydrogen-bond acceptors (Lipinski definition) is 6. The fourth-order valence-corrected chi connectivity index (χ4v) is 1.59. The molecule has 0 spiro atoms. The van der Waals surface area contributed by atoms with Crippen LogP contribution in [0.4, 0.5) is 0 Å². The van der Waals surface area contributed by atoms with E-state index < -0.39 is 18.9 Å². The smallest absolute Gasteiger partial charge is 0.877 e. The molecular weight excluding hydrogens is 222 g/mol. The van der Waals surface area contributed by atoms with Crippen molar-refractivity contribution in [3.8, 4) is 0 Å². The monoisotopic (exact) mass is 232 g/mol. The Morgan fingerprint density at radius 2 is 1.71 bits per heavy atom. The van der Waals surface area contributed by atoms with Crippen LogP contribution in [-0.2, 0) is 23.1 Å². The maximum Gasteiger partial charge on any atom is 1.00 e. The Morgan fingerprint density at radius 1 is 1.29 bits per heavy atom. The van der Waals surface area contributed by atoms with Crippen molar-refractivity contribution in [2.75, 3.05) is 21.3 Å². The van der Waals surface area contributed by atoms with Crippen LogP contribution in [-0.4, -0.2) is 27.3 Å². The molecule has 0 aromatic rings. The molecule has 0 radical (unpaired) electrons. The van der Waals surface area contributed by atoms with Crippen LogP contribution in [0, 0.1) is 0 Å². The summed E-state index contributed by atoms with van der Waals surface area (Å²) in [6, 6.07) is 0. The van der Waals surface area contributed by atoms with Crippen LogP contribution in [0.5, 0.6) is 0 Å². The van der Waals surface area contributed by atoms with Crippen molar-refractivity contribution in [3.63, 3.8) is 0 Å². The molecule has 0 saturated carbocycles. The minimum atomic E-state index is -3.79. The normalized spacial score (nSPS) is 11.8. The van der Waals surface area contributed by atoms with Gasteiger partial charge in [-0.1, -0.05) is 0 Å². The van der Waals surface area contributed by atoms with Gasteiger partial charge in [-0.3, -0.25) is 4.57 Å². The van der Waals surface area contributed by atoms with Gasteiger partial charge >= 0.3 is 43.1 Å². The van der Waals surface area contributed by atoms with Gasteiger partial charge in [-0.05, 0) is 0 Å². The summed E-state index contributed by atoms with van der Waals surface area (Å²) in [5.41, 5.74) is 0. The van der Waals surface area contributed by atoms with E-state index in [1.165, 1.54) is 0 Å². The summed E-state index contributed by atoms with van der Waals surface area (Å²) in [4.78, 5) is 10.9. The zero-order valence-electron chi connectivity index (χ0n) is 8.47. The van der Waals surface area contributed by atoms with E-state index >= 15 is 0 Å². The first-order chi connectivity index (χ1) is 6.05. The van der Waals surface area contributed by atoms with Crippen molar-refractivity contribution in [1.82, 2.24) is 0 Å². The summed E-state index contributed by atoms with van der Waals surface area (Å²) < 4.78 is 24.5. The van der Waals surface area contributed by atoms with Crippen molar-refractivity contribution < 1.29 is 57.8 Å². The third-order valence-corrected chi connectivity index (χ3v) is 3.12. The van der Waals surface area contributed by atoms with Crippen LogP contribution in [0.15, 0.2) is 11.6 Å². The summed E-state index contributed by atoms with van der Waals surface area (Å²) in [6.07, 6.45) is 0.0968. The number of hydrogen-bond donors (Lipinski definition) is 0. The van der Waals surface area contributed by atoms with Gasteiger partial charge in [0.25, 0.3) is 0 Å². The van der Waals surface area contributed by atoms with E-state index in [-0.39, 0.29) is 35.8 Å². The first-order valence-electron chi connectivity index (χ1n) is 3.18. The van der Waals surface area contributed by atoms with E-state index in [1.807, 2.05) is 0 Å². The number of rotatable bonds is 4. The summed E-state index contributed by atoms with van der Waals surface area (Å²) in [6.45, 7) is 0. The third-order valence-electron chi connectivity index (χ3n) is 1.28. The van der Waals surface area contributed by atoms with Gasteiger partial charge in [0.2, 0.25) is 0 Å². The van der Waals surface area contributed by atoms with Gasteiger partial charge < -0.3 is 18.9 Å². The van der Waals surface area contributed by atoms with Gasteiger partial charge in [-0.25, -0.2) is 4.79 Å². The number of esters is 1. The van der Waals surface area contributed by atoms with E-state index in [9.17, 15) is 14.5 Å². The van der Waals surface area contributed by atoms with Crippen LogP contribution in [0.1, 0.15) is 0 Å². The number of methoxy groups -OCH3 is 1. The third kappa shape index (κ3) is 3.73. The second-order valence-electron chi connectivity index (χ2n) is 1.86. The summed E-state index contributed by atoms with van der Waals surface area (Å²) >= 11 is 0. The molecule has 8 heteroatoms. The Hall–Kier alpha value is 0.160. The molecule has 0 amide bonds. The fraction of sp³-hybridized carbons (Fsp3) is 0.500. The molecule has 0 fully saturated rings. The topological polar surface area (TPSA) is 84.9 Å². The van der Waals surface area contributed by atoms with Crippen LogP contribution >= 0.6 is 7.60 Å². The molecule has 0 aliphatic heterocycles. The zero-order valence-corrected chi connectivity index (χ0v) is 11.4. The number of carbonyl (C=O) groups is 1. The largest absolute Gasteiger partial charge is 1.00 e. The Labute approximate surface area is 104 Å². The van der Waals surface area contributed by atoms with E-state index in [0.717, 1.165) is 21.3 Å². The van der Waals surface area contributed by atoms with Crippen LogP contribution in [0.2, 0.25) is 0 Å². The van der Waals surface area contributed by atoms with E-state index in [1.54, 1.807) is 0 Å². The van der Waals surface area contributed by atoms with Gasteiger partial charge in [0.05, 0.1) is 7.11 Å². The van der Waals surface area contributed by atoms with E-state index in [0.29, 0.717) is 0 Å². The number of carbonyl (C=O) groups excluding carboxylic acids is 1. The zero-order chi connectivity index (χ0) is 10.5. The average Bonchev–Trinajstić information content (AvgIpc) is 2.18. The average molecular weight is 232 g/mol. The SMILES string of the molecule is COC(=O)/C(=C\[O-])P(=O)(OC)OC.[Na+]. The standard InChI is InChI=1S/C6H11O6P.Na/c1-10-6(8)5(4-7)13(9,11-2)12-3;/h4,7H,1-3H3;/q;+1/p-1/b5-4+;. The number of ether oxygens (including phenoxy) is 1. The molecule has 0 N–H and O–H groups in total. The summed E-state index contributed by atoms with van der Waals surface area (Å²) in [7, 11) is -0.600. The molecule has 0 aromatic heterocycles. The first-order valence-corrected chi connectivity index (χ1v) is 4.72. The van der Waals surface area contributed by atoms with Crippen molar-refractivity contribution >= 4 is 13.6 Å². The predicted octanol–water partition coefficient (Wildman–Crippen LogP) is -3.15. The second-order valence-corrected chi connectivity index (χ2v) is 4.06. The molecule has 0 bridgehead atoms. The van der Waals surface area contributed by atoms with Crippen LogP contribution < -0.4 is 34.7 Å². The van der Waals surface area contributed by atoms with Gasteiger partial charge in [0, 0.05) is 14.2 Å². The fourth-order valence-electron chi connectivity index (χ4n) is 0.600. The molecule has 0 rings (SSSR count). The van der Waals surface area contributed by atoms with Crippen molar-refractivity contribution in [3.05, 3.63) is 11.6 Å². The van der Waals surface area contributed by atoms with Crippen LogP contribution in [0.25, 0.3) is 0 Å². The molecule has 14 heavy (non-hydrogen) atoms. The Bertz CT molecular complexity index is 255. The molecular formula is C6H10NaO6P. The predicted molar refractivity (Wildman–Crippen MR) is 41.7 cm³/mol. The van der Waals surface area contributed by atoms with Gasteiger partial charge in [0.1, 0.15) is 5.31 Å². The van der Waals surface area contributed by atoms with Crippen molar-refractivity contribution in [2.24, 2.45) is 0 Å². The minimum absolute atomic E-state index is 0. The maximum absolute atomic E-state index is 11.5. The van der Waals surface area contributed by atoms with Gasteiger partial charge in [-0.2, -0.15) is 0 Å². The molecule has 0 aliphatic carbocycles. The molecule has 0 atom stereocenters. The summed E-state index contributed by atoms with van der Waals surface area (Å²) in [5, 5.41) is 9.75. The van der Waals surface area contributed by atoms with Crippen molar-refractivity contribution in [1.29, 1.82) is 0 Å². The second kappa shape index (κ2) is 7.45. The molecule has 6 nitrogen and oxygen atoms in total. The molecule has 0 aromatic carbocycles. The Morgan fingerprint density at radius 3 is 1.93 bits per heavy atom. The Balaban J connectivity index is 0. The van der Waals surface area contributed by atoms with Gasteiger partial charge in [0.15, 0.2) is 0 Å². The first kappa shape index (κ1) is 16.6. The van der Waals surface area contributed by atoms with Gasteiger partial charge in [-0.15, -0.1) is 6.26 Å². The molecule has 0 heterocycles. The van der Waals surface area contributed by atoms with E-state index in [2.05, 4.69) is 13.8 Å². The summed E-state index contributed by atoms with van der Waals surface area (Å²) in [5.74, 6) is -1.03.